The fourth-order valence-corrected chi connectivity index (χ4v) is 5.94. The average Bonchev–Trinajstić information content (AvgIpc) is 3.41. The second kappa shape index (κ2) is 10.1. The molecule has 6 nitrogen and oxygen atoms in total. The highest BCUT2D eigenvalue weighted by molar-refractivity contribution is 7.98. The zero-order chi connectivity index (χ0) is 22.7. The second-order valence-electron chi connectivity index (χ2n) is 8.82. The van der Waals surface area contributed by atoms with E-state index in [0.717, 1.165) is 30.0 Å². The van der Waals surface area contributed by atoms with Crippen LogP contribution in [0.5, 0.6) is 11.5 Å². The second-order valence-corrected chi connectivity index (χ2v) is 11.2. The van der Waals surface area contributed by atoms with Crippen molar-refractivity contribution >= 4 is 21.8 Å². The van der Waals surface area contributed by atoms with Gasteiger partial charge in [-0.2, -0.15) is 0 Å². The summed E-state index contributed by atoms with van der Waals surface area (Å²) >= 11 is 1.71. The summed E-state index contributed by atoms with van der Waals surface area (Å²) in [7, 11) is -3.78. The highest BCUT2D eigenvalue weighted by atomic mass is 32.2. The normalized spacial score (nSPS) is 20.2. The summed E-state index contributed by atoms with van der Waals surface area (Å²) in [5, 5.41) is 5.43. The van der Waals surface area contributed by atoms with Crippen LogP contribution in [-0.4, -0.2) is 56.7 Å². The zero-order valence-corrected chi connectivity index (χ0v) is 20.6. The van der Waals surface area contributed by atoms with Gasteiger partial charge in [0.2, 0.25) is 10.0 Å². The Labute approximate surface area is 196 Å². The Hall–Kier alpha value is -1.58. The summed E-state index contributed by atoms with van der Waals surface area (Å²) in [6.45, 7) is 7.19. The van der Waals surface area contributed by atoms with Crippen LogP contribution in [-0.2, 0) is 16.6 Å². The lowest BCUT2D eigenvalue weighted by Gasteiger charge is -2.29. The van der Waals surface area contributed by atoms with Crippen LogP contribution in [0.25, 0.3) is 0 Å². The molecule has 2 aliphatic heterocycles. The Morgan fingerprint density at radius 2 is 1.88 bits per heavy atom. The molecule has 32 heavy (non-hydrogen) atoms. The number of nitrogens with zero attached hydrogens (tertiary/aromatic N) is 2. The number of benzene rings is 2. The minimum atomic E-state index is -3.78. The van der Waals surface area contributed by atoms with Crippen molar-refractivity contribution in [1.29, 1.82) is 0 Å². The van der Waals surface area contributed by atoms with Gasteiger partial charge in [0, 0.05) is 29.6 Å². The van der Waals surface area contributed by atoms with Gasteiger partial charge in [-0.05, 0) is 100 Å². The Morgan fingerprint density at radius 3 is 2.56 bits per heavy atom. The topological polar surface area (TPSA) is 75.9 Å². The summed E-state index contributed by atoms with van der Waals surface area (Å²) in [4.78, 5) is 6.36. The van der Waals surface area contributed by atoms with Gasteiger partial charge in [-0.1, -0.05) is 0 Å². The molecule has 2 heterocycles. The Bertz CT molecular complexity index is 1050. The molecule has 2 aromatic rings. The van der Waals surface area contributed by atoms with E-state index in [2.05, 4.69) is 29.0 Å². The van der Waals surface area contributed by atoms with Gasteiger partial charge in [-0.25, -0.2) is 13.6 Å². The van der Waals surface area contributed by atoms with E-state index in [1.54, 1.807) is 23.9 Å². The van der Waals surface area contributed by atoms with E-state index >= 15 is 0 Å². The molecule has 8 heteroatoms. The molecule has 0 aromatic heterocycles. The summed E-state index contributed by atoms with van der Waals surface area (Å²) in [5.74, 6) is 1.43. The minimum absolute atomic E-state index is 0.129. The SMILES string of the molecule is CSc1ccc(Oc2ccc(S(N)(=O)=O)cc2CN2CCC[C@H]2CN2CCCC2)cc1C. The molecular formula is C24H33N3O3S2. The van der Waals surface area contributed by atoms with Crippen LogP contribution >= 0.6 is 11.8 Å². The van der Waals surface area contributed by atoms with Gasteiger partial charge in [0.25, 0.3) is 0 Å². The number of thioether (sulfide) groups is 1. The first kappa shape index (κ1) is 23.6. The molecule has 2 aromatic carbocycles. The zero-order valence-electron chi connectivity index (χ0n) is 18.9. The van der Waals surface area contributed by atoms with Gasteiger partial charge in [-0.3, -0.25) is 4.90 Å². The average molecular weight is 476 g/mol. The van der Waals surface area contributed by atoms with E-state index in [9.17, 15) is 8.42 Å². The van der Waals surface area contributed by atoms with Crippen molar-refractivity contribution in [2.45, 2.75) is 55.0 Å². The van der Waals surface area contributed by atoms with Gasteiger partial charge < -0.3 is 9.64 Å². The molecule has 174 valence electrons. The van der Waals surface area contributed by atoms with E-state index in [4.69, 9.17) is 9.88 Å². The molecular weight excluding hydrogens is 442 g/mol. The molecule has 0 bridgehead atoms. The molecule has 0 spiro atoms. The monoisotopic (exact) mass is 475 g/mol. The van der Waals surface area contributed by atoms with Crippen molar-refractivity contribution in [2.75, 3.05) is 32.4 Å². The summed E-state index contributed by atoms with van der Waals surface area (Å²) < 4.78 is 30.3. The number of aryl methyl sites for hydroxylation is 1. The summed E-state index contributed by atoms with van der Waals surface area (Å²) in [6, 6.07) is 11.5. The Balaban J connectivity index is 1.59. The van der Waals surface area contributed by atoms with Crippen molar-refractivity contribution < 1.29 is 13.2 Å². The smallest absolute Gasteiger partial charge is 0.238 e. The van der Waals surface area contributed by atoms with Crippen LogP contribution in [0, 0.1) is 6.92 Å². The molecule has 0 unspecified atom stereocenters. The van der Waals surface area contributed by atoms with E-state index < -0.39 is 10.0 Å². The number of hydrogen-bond acceptors (Lipinski definition) is 6. The molecule has 1 atom stereocenters. The summed E-state index contributed by atoms with van der Waals surface area (Å²) in [6.07, 6.45) is 6.98. The van der Waals surface area contributed by atoms with Crippen LogP contribution < -0.4 is 9.88 Å². The van der Waals surface area contributed by atoms with E-state index in [1.165, 1.54) is 49.7 Å². The van der Waals surface area contributed by atoms with Crippen LogP contribution in [0.1, 0.15) is 36.8 Å². The third-order valence-electron chi connectivity index (χ3n) is 6.49. The standard InChI is InChI=1S/C24H33N3O3S2/c1-18-14-21(7-10-24(18)31-2)30-23-9-8-22(32(25,28)29)15-19(23)16-27-13-5-6-20(27)17-26-11-3-4-12-26/h7-10,14-15,20H,3-6,11-13,16-17H2,1-2H3,(H2,25,28,29)/t20-/m0/s1. The van der Waals surface area contributed by atoms with E-state index in [0.29, 0.717) is 18.3 Å². The number of hydrogen-bond donors (Lipinski definition) is 1. The number of nitrogens with two attached hydrogens (primary N) is 1. The van der Waals surface area contributed by atoms with Crippen molar-refractivity contribution in [1.82, 2.24) is 9.80 Å². The van der Waals surface area contributed by atoms with Crippen LogP contribution in [0.3, 0.4) is 0 Å². The summed E-state index contributed by atoms with van der Waals surface area (Å²) in [5.41, 5.74) is 2.01. The fraction of sp³-hybridized carbons (Fsp3) is 0.500. The van der Waals surface area contributed by atoms with E-state index in [1.807, 2.05) is 12.1 Å². The quantitative estimate of drug-likeness (QED) is 0.576. The lowest BCUT2D eigenvalue weighted by atomic mass is 10.1. The van der Waals surface area contributed by atoms with Crippen molar-refractivity contribution in [3.63, 3.8) is 0 Å². The first-order valence-corrected chi connectivity index (χ1v) is 14.1. The van der Waals surface area contributed by atoms with E-state index in [-0.39, 0.29) is 4.90 Å². The molecule has 0 amide bonds. The van der Waals surface area contributed by atoms with Gasteiger partial charge in [0.05, 0.1) is 4.90 Å². The van der Waals surface area contributed by atoms with Crippen molar-refractivity contribution in [2.24, 2.45) is 5.14 Å². The lowest BCUT2D eigenvalue weighted by Crippen LogP contribution is -2.39. The molecule has 0 radical (unpaired) electrons. The predicted octanol–water partition coefficient (Wildman–Crippen LogP) is 4.22. The maximum absolute atomic E-state index is 12.0. The molecule has 4 rings (SSSR count). The minimum Gasteiger partial charge on any atom is -0.457 e. The third kappa shape index (κ3) is 5.66. The highest BCUT2D eigenvalue weighted by Crippen LogP contribution is 2.33. The largest absolute Gasteiger partial charge is 0.457 e. The van der Waals surface area contributed by atoms with Gasteiger partial charge in [-0.15, -0.1) is 11.8 Å². The molecule has 2 aliphatic rings. The molecule has 0 aliphatic carbocycles. The van der Waals surface area contributed by atoms with Crippen molar-refractivity contribution in [3.05, 3.63) is 47.5 Å². The van der Waals surface area contributed by atoms with Crippen molar-refractivity contribution in [3.8, 4) is 11.5 Å². The van der Waals surface area contributed by atoms with Gasteiger partial charge in [0.1, 0.15) is 11.5 Å². The molecule has 2 fully saturated rings. The van der Waals surface area contributed by atoms with Gasteiger partial charge >= 0.3 is 0 Å². The number of ether oxygens (including phenoxy) is 1. The third-order valence-corrected chi connectivity index (χ3v) is 8.30. The van der Waals surface area contributed by atoms with Crippen LogP contribution in [0.15, 0.2) is 46.2 Å². The molecule has 0 saturated carbocycles. The Kier molecular flexibility index (Phi) is 7.47. The lowest BCUT2D eigenvalue weighted by molar-refractivity contribution is 0.184. The van der Waals surface area contributed by atoms with Crippen LogP contribution in [0.2, 0.25) is 0 Å². The number of sulfonamides is 1. The molecule has 2 N–H and O–H groups in total. The maximum Gasteiger partial charge on any atom is 0.238 e. The van der Waals surface area contributed by atoms with Crippen LogP contribution in [0.4, 0.5) is 0 Å². The number of likely N-dealkylation sites (tertiary alicyclic amines) is 2. The Morgan fingerprint density at radius 1 is 1.09 bits per heavy atom. The predicted molar refractivity (Wildman–Crippen MR) is 130 cm³/mol. The first-order chi connectivity index (χ1) is 15.3. The number of primary sulfonamides is 1. The highest BCUT2D eigenvalue weighted by Gasteiger charge is 2.28. The first-order valence-electron chi connectivity index (χ1n) is 11.3. The maximum atomic E-state index is 12.0. The number of rotatable bonds is 8. The fourth-order valence-electron chi connectivity index (χ4n) is 4.79. The van der Waals surface area contributed by atoms with Gasteiger partial charge in [0.15, 0.2) is 0 Å². The molecule has 2 saturated heterocycles.